The number of aryl methyl sites for hydroxylation is 1. The molecule has 6 nitrogen and oxygen atoms in total. The first-order valence-corrected chi connectivity index (χ1v) is 12.1. The highest BCUT2D eigenvalue weighted by Crippen LogP contribution is 2.70. The van der Waals surface area contributed by atoms with Crippen molar-refractivity contribution < 1.29 is 4.43 Å². The summed E-state index contributed by atoms with van der Waals surface area (Å²) < 4.78 is 7.52. The van der Waals surface area contributed by atoms with Crippen molar-refractivity contribution in [2.24, 2.45) is 11.1 Å². The Morgan fingerprint density at radius 3 is 2.09 bits per heavy atom. The van der Waals surface area contributed by atoms with Gasteiger partial charge < -0.3 is 10.2 Å². The number of aromatic nitrogens is 2. The third-order valence-electron chi connectivity index (χ3n) is 7.71. The lowest BCUT2D eigenvalue weighted by Crippen LogP contribution is -2.84. The maximum Gasteiger partial charge on any atom is 0.329 e. The van der Waals surface area contributed by atoms with Crippen molar-refractivity contribution in [3.8, 4) is 0 Å². The maximum absolute atomic E-state index is 13.2. The quantitative estimate of drug-likeness (QED) is 0.567. The van der Waals surface area contributed by atoms with Crippen LogP contribution in [0.5, 0.6) is 0 Å². The summed E-state index contributed by atoms with van der Waals surface area (Å²) in [5, 5.41) is 0. The van der Waals surface area contributed by atoms with Gasteiger partial charge in [-0.25, -0.2) is 4.79 Å². The summed E-state index contributed by atoms with van der Waals surface area (Å²) in [5.41, 5.74) is 6.69. The average molecular weight is 464 g/mol. The lowest BCUT2D eigenvalue weighted by Gasteiger charge is -2.74. The molecule has 174 valence electrons. The van der Waals surface area contributed by atoms with Gasteiger partial charge in [-0.15, -0.1) is 0 Å². The van der Waals surface area contributed by atoms with Crippen LogP contribution in [0.25, 0.3) is 0 Å². The van der Waals surface area contributed by atoms with Gasteiger partial charge in [-0.2, -0.15) is 0 Å². The van der Waals surface area contributed by atoms with Gasteiger partial charge in [0.25, 0.3) is 5.56 Å². The van der Waals surface area contributed by atoms with E-state index in [-0.39, 0.29) is 17.6 Å². The molecule has 1 aliphatic carbocycles. The first-order chi connectivity index (χ1) is 15.5. The Bertz CT molecular complexity index is 1270. The van der Waals surface area contributed by atoms with E-state index in [4.69, 9.17) is 10.2 Å². The maximum atomic E-state index is 13.2. The fourth-order valence-electron chi connectivity index (χ4n) is 6.20. The van der Waals surface area contributed by atoms with Crippen LogP contribution < -0.4 is 17.0 Å². The fraction of sp³-hybridized carbons (Fsp3) is 0.385. The molecule has 1 saturated carbocycles. The van der Waals surface area contributed by atoms with Crippen molar-refractivity contribution in [2.75, 3.05) is 6.61 Å². The van der Waals surface area contributed by atoms with Crippen molar-refractivity contribution in [1.29, 1.82) is 0 Å². The Kier molecular flexibility index (Phi) is 5.63. The number of H-pyrrole nitrogens is 1. The summed E-state index contributed by atoms with van der Waals surface area (Å²) in [4.78, 5) is 27.9. The molecule has 33 heavy (non-hydrogen) atoms. The molecule has 2 aromatic carbocycles. The lowest BCUT2D eigenvalue weighted by atomic mass is 9.34. The molecule has 0 radical (unpaired) electrons. The standard InChI is InChI=1S/C26H33N3O3Si/c1-18-15-29(22(31)28-21(18)30)24(17-32-33)16-25(23(2,3)4,19-11-7-5-8-12-19)26(24,27)20-13-9-6-10-14-20/h5-15H,16-17,27H2,1-4,33H3,(H,28,30,31)/t24-,25-,26-/m1/s1. The van der Waals surface area contributed by atoms with Crippen LogP contribution in [-0.2, 0) is 20.9 Å². The Balaban J connectivity index is 2.13. The van der Waals surface area contributed by atoms with Crippen molar-refractivity contribution >= 4 is 10.5 Å². The molecule has 1 aromatic heterocycles. The molecule has 0 bridgehead atoms. The summed E-state index contributed by atoms with van der Waals surface area (Å²) in [7, 11) is 0.496. The van der Waals surface area contributed by atoms with E-state index in [0.717, 1.165) is 11.1 Å². The number of nitrogens with zero attached hydrogens (tertiary/aromatic N) is 1. The first kappa shape index (κ1) is 23.4. The molecule has 0 unspecified atom stereocenters. The third kappa shape index (κ3) is 3.06. The van der Waals surface area contributed by atoms with Crippen LogP contribution >= 0.6 is 0 Å². The summed E-state index contributed by atoms with van der Waals surface area (Å²) in [6.45, 7) is 8.60. The van der Waals surface area contributed by atoms with Gasteiger partial charge in [-0.05, 0) is 29.9 Å². The van der Waals surface area contributed by atoms with Crippen molar-refractivity contribution in [2.45, 2.75) is 50.6 Å². The number of rotatable bonds is 5. The van der Waals surface area contributed by atoms with Gasteiger partial charge >= 0.3 is 5.69 Å². The first-order valence-electron chi connectivity index (χ1n) is 11.3. The zero-order chi connectivity index (χ0) is 24.1. The average Bonchev–Trinajstić information content (AvgIpc) is 2.78. The topological polar surface area (TPSA) is 90.1 Å². The van der Waals surface area contributed by atoms with Gasteiger partial charge in [0.2, 0.25) is 0 Å². The van der Waals surface area contributed by atoms with E-state index in [1.807, 2.05) is 48.5 Å². The molecule has 1 heterocycles. The normalized spacial score (nSPS) is 27.3. The summed E-state index contributed by atoms with van der Waals surface area (Å²) in [6.07, 6.45) is 2.23. The molecule has 3 atom stereocenters. The van der Waals surface area contributed by atoms with Gasteiger partial charge in [0, 0.05) is 17.2 Å². The summed E-state index contributed by atoms with van der Waals surface area (Å²) in [6, 6.07) is 20.3. The van der Waals surface area contributed by atoms with Crippen LogP contribution in [0.3, 0.4) is 0 Å². The molecule has 3 N–H and O–H groups in total. The van der Waals surface area contributed by atoms with Crippen molar-refractivity contribution in [3.63, 3.8) is 0 Å². The number of hydrogen-bond acceptors (Lipinski definition) is 4. The van der Waals surface area contributed by atoms with Crippen molar-refractivity contribution in [3.05, 3.63) is 104 Å². The molecule has 4 rings (SSSR count). The predicted molar refractivity (Wildman–Crippen MR) is 134 cm³/mol. The van der Waals surface area contributed by atoms with Crippen LogP contribution in [0.1, 0.15) is 43.9 Å². The van der Waals surface area contributed by atoms with E-state index in [1.54, 1.807) is 17.7 Å². The second-order valence-electron chi connectivity index (χ2n) is 10.3. The molecular formula is C26H33N3O3Si. The van der Waals surface area contributed by atoms with E-state index >= 15 is 0 Å². The molecule has 0 spiro atoms. The monoisotopic (exact) mass is 463 g/mol. The third-order valence-corrected chi connectivity index (χ3v) is 7.99. The van der Waals surface area contributed by atoms with E-state index in [2.05, 4.69) is 37.9 Å². The highest BCUT2D eigenvalue weighted by Gasteiger charge is 2.77. The number of nitrogens with two attached hydrogens (primary N) is 1. The van der Waals surface area contributed by atoms with Crippen LogP contribution in [0.4, 0.5) is 0 Å². The van der Waals surface area contributed by atoms with Crippen LogP contribution in [-0.4, -0.2) is 26.6 Å². The molecule has 7 heteroatoms. The van der Waals surface area contributed by atoms with Crippen LogP contribution in [0.15, 0.2) is 76.4 Å². The Hall–Kier alpha value is -2.74. The van der Waals surface area contributed by atoms with Crippen LogP contribution in [0.2, 0.25) is 0 Å². The fourth-order valence-corrected chi connectivity index (χ4v) is 6.68. The zero-order valence-corrected chi connectivity index (χ0v) is 22.0. The minimum Gasteiger partial charge on any atom is -0.425 e. The number of nitrogens with one attached hydrogen (secondary N) is 1. The number of benzene rings is 2. The summed E-state index contributed by atoms with van der Waals surface area (Å²) in [5.74, 6) is 0. The van der Waals surface area contributed by atoms with Gasteiger partial charge in [-0.3, -0.25) is 14.3 Å². The molecule has 3 aromatic rings. The van der Waals surface area contributed by atoms with Gasteiger partial charge in [0.1, 0.15) is 10.5 Å². The van der Waals surface area contributed by atoms with E-state index in [0.29, 0.717) is 22.5 Å². The van der Waals surface area contributed by atoms with Gasteiger partial charge in [-0.1, -0.05) is 81.4 Å². The summed E-state index contributed by atoms with van der Waals surface area (Å²) >= 11 is 0. The van der Waals surface area contributed by atoms with E-state index < -0.39 is 22.2 Å². The Morgan fingerprint density at radius 1 is 1.03 bits per heavy atom. The molecule has 0 amide bonds. The minimum absolute atomic E-state index is 0.255. The second kappa shape index (κ2) is 7.94. The SMILES string of the molecule is Cc1cn([C@@]2(CO[SiH3])C[C@@](c3ccccc3)(C(C)(C)C)[C@@]2(N)c2ccccc2)c(=O)[nH]c1=O. The second-order valence-corrected chi connectivity index (χ2v) is 10.9. The lowest BCUT2D eigenvalue weighted by molar-refractivity contribution is -0.163. The highest BCUT2D eigenvalue weighted by atomic mass is 28.2. The van der Waals surface area contributed by atoms with Gasteiger partial charge in [0.05, 0.1) is 17.7 Å². The van der Waals surface area contributed by atoms with E-state index in [1.165, 1.54) is 0 Å². The smallest absolute Gasteiger partial charge is 0.329 e. The highest BCUT2D eigenvalue weighted by molar-refractivity contribution is 5.98. The van der Waals surface area contributed by atoms with E-state index in [9.17, 15) is 9.59 Å². The largest absolute Gasteiger partial charge is 0.425 e. The van der Waals surface area contributed by atoms with Crippen LogP contribution in [0, 0.1) is 12.3 Å². The zero-order valence-electron chi connectivity index (χ0n) is 20.0. The predicted octanol–water partition coefficient (Wildman–Crippen LogP) is 2.08. The number of hydrogen-bond donors (Lipinski definition) is 2. The molecular weight excluding hydrogens is 430 g/mol. The molecule has 0 aliphatic heterocycles. The molecule has 0 saturated heterocycles. The van der Waals surface area contributed by atoms with Crippen molar-refractivity contribution in [1.82, 2.24) is 9.55 Å². The number of aromatic amines is 1. The minimum atomic E-state index is -1.00. The Morgan fingerprint density at radius 2 is 1.58 bits per heavy atom. The molecule has 1 aliphatic rings. The molecule has 1 fully saturated rings. The van der Waals surface area contributed by atoms with Gasteiger partial charge in [0.15, 0.2) is 0 Å². The Labute approximate surface area is 197 Å².